The largest absolute Gasteiger partial charge is 0.368 e. The molecule has 0 spiro atoms. The Morgan fingerprint density at radius 2 is 1.74 bits per heavy atom. The first-order valence-corrected chi connectivity index (χ1v) is 7.03. The Balaban J connectivity index is 2.15. The minimum absolute atomic E-state index is 0.252. The average Bonchev–Trinajstić information content (AvgIpc) is 2.46. The van der Waals surface area contributed by atoms with Crippen LogP contribution in [-0.4, -0.2) is 21.2 Å². The van der Waals surface area contributed by atoms with Gasteiger partial charge in [0, 0.05) is 5.56 Å². The van der Waals surface area contributed by atoms with Crippen LogP contribution in [0, 0.1) is 0 Å². The summed E-state index contributed by atoms with van der Waals surface area (Å²) in [4.78, 5) is 12.6. The van der Waals surface area contributed by atoms with Crippen molar-refractivity contribution in [1.29, 1.82) is 0 Å². The molecular formula is C14H12N4S. The van der Waals surface area contributed by atoms with Crippen molar-refractivity contribution in [3.8, 4) is 11.4 Å². The minimum atomic E-state index is 0.252. The summed E-state index contributed by atoms with van der Waals surface area (Å²) in [7, 11) is 0. The third kappa shape index (κ3) is 2.37. The van der Waals surface area contributed by atoms with Gasteiger partial charge in [-0.05, 0) is 23.1 Å². The molecule has 0 unspecified atom stereocenters. The molecule has 0 atom stereocenters. The van der Waals surface area contributed by atoms with Gasteiger partial charge in [-0.15, -0.1) is 0 Å². The highest BCUT2D eigenvalue weighted by molar-refractivity contribution is 7.98. The van der Waals surface area contributed by atoms with Crippen LogP contribution in [-0.2, 0) is 0 Å². The Morgan fingerprint density at radius 1 is 0.947 bits per heavy atom. The standard InChI is InChI=1S/C14H12N4S/c1-19-14-17-12(16-13(15)18-14)11-7-6-9-4-2-3-5-10(9)8-11/h2-8H,1H3,(H2,15,16,17,18). The third-order valence-electron chi connectivity index (χ3n) is 2.82. The zero-order valence-corrected chi connectivity index (χ0v) is 11.2. The molecule has 1 heterocycles. The Morgan fingerprint density at radius 3 is 2.53 bits per heavy atom. The maximum Gasteiger partial charge on any atom is 0.224 e. The van der Waals surface area contributed by atoms with E-state index in [4.69, 9.17) is 5.73 Å². The first-order valence-electron chi connectivity index (χ1n) is 5.81. The van der Waals surface area contributed by atoms with Gasteiger partial charge in [0.2, 0.25) is 5.95 Å². The molecule has 94 valence electrons. The second-order valence-corrected chi connectivity index (χ2v) is 4.84. The highest BCUT2D eigenvalue weighted by Crippen LogP contribution is 2.23. The van der Waals surface area contributed by atoms with E-state index >= 15 is 0 Å². The maximum atomic E-state index is 5.71. The number of hydrogen-bond acceptors (Lipinski definition) is 5. The number of rotatable bonds is 2. The fourth-order valence-electron chi connectivity index (χ4n) is 1.92. The number of aromatic nitrogens is 3. The first-order chi connectivity index (χ1) is 9.26. The molecule has 4 nitrogen and oxygen atoms in total. The maximum absolute atomic E-state index is 5.71. The third-order valence-corrected chi connectivity index (χ3v) is 3.37. The van der Waals surface area contributed by atoms with Gasteiger partial charge in [-0.1, -0.05) is 48.2 Å². The highest BCUT2D eigenvalue weighted by Gasteiger charge is 2.06. The Bertz CT molecular complexity index is 742. The summed E-state index contributed by atoms with van der Waals surface area (Å²) in [5.74, 6) is 0.866. The SMILES string of the molecule is CSc1nc(N)nc(-c2ccc3ccccc3c2)n1. The van der Waals surface area contributed by atoms with Crippen molar-refractivity contribution in [2.75, 3.05) is 12.0 Å². The van der Waals surface area contributed by atoms with Crippen molar-refractivity contribution in [3.05, 3.63) is 42.5 Å². The Labute approximate surface area is 115 Å². The van der Waals surface area contributed by atoms with Crippen molar-refractivity contribution in [3.63, 3.8) is 0 Å². The number of thioether (sulfide) groups is 1. The minimum Gasteiger partial charge on any atom is -0.368 e. The van der Waals surface area contributed by atoms with Gasteiger partial charge in [0.05, 0.1) is 0 Å². The number of fused-ring (bicyclic) bond motifs is 1. The topological polar surface area (TPSA) is 64.7 Å². The van der Waals surface area contributed by atoms with E-state index in [1.165, 1.54) is 17.1 Å². The molecule has 3 rings (SSSR count). The van der Waals surface area contributed by atoms with Gasteiger partial charge in [0.15, 0.2) is 11.0 Å². The molecule has 0 aliphatic carbocycles. The van der Waals surface area contributed by atoms with E-state index in [-0.39, 0.29) is 5.95 Å². The Kier molecular flexibility index (Phi) is 3.05. The van der Waals surface area contributed by atoms with Gasteiger partial charge < -0.3 is 5.73 Å². The van der Waals surface area contributed by atoms with Crippen LogP contribution in [0.2, 0.25) is 0 Å². The molecule has 0 amide bonds. The zero-order chi connectivity index (χ0) is 13.2. The van der Waals surface area contributed by atoms with Gasteiger partial charge in [-0.3, -0.25) is 0 Å². The van der Waals surface area contributed by atoms with Gasteiger partial charge in [-0.2, -0.15) is 9.97 Å². The molecule has 0 aliphatic heterocycles. The molecular weight excluding hydrogens is 256 g/mol. The van der Waals surface area contributed by atoms with Gasteiger partial charge in [0.1, 0.15) is 0 Å². The molecule has 0 aliphatic rings. The summed E-state index contributed by atoms with van der Waals surface area (Å²) in [6.45, 7) is 0. The zero-order valence-electron chi connectivity index (χ0n) is 10.4. The summed E-state index contributed by atoms with van der Waals surface area (Å²) >= 11 is 1.45. The van der Waals surface area contributed by atoms with E-state index in [9.17, 15) is 0 Å². The number of nitrogens with two attached hydrogens (primary N) is 1. The van der Waals surface area contributed by atoms with E-state index in [2.05, 4.69) is 39.2 Å². The molecule has 0 saturated heterocycles. The molecule has 3 aromatic rings. The van der Waals surface area contributed by atoms with Crippen LogP contribution < -0.4 is 5.73 Å². The highest BCUT2D eigenvalue weighted by atomic mass is 32.2. The predicted molar refractivity (Wildman–Crippen MR) is 79.0 cm³/mol. The fraction of sp³-hybridized carbons (Fsp3) is 0.0714. The lowest BCUT2D eigenvalue weighted by Crippen LogP contribution is -2.01. The average molecular weight is 268 g/mol. The predicted octanol–water partition coefficient (Wildman–Crippen LogP) is 3.00. The number of anilines is 1. The van der Waals surface area contributed by atoms with Gasteiger partial charge in [-0.25, -0.2) is 4.98 Å². The monoisotopic (exact) mass is 268 g/mol. The van der Waals surface area contributed by atoms with E-state index in [0.29, 0.717) is 11.0 Å². The summed E-state index contributed by atoms with van der Waals surface area (Å²) in [6.07, 6.45) is 1.92. The van der Waals surface area contributed by atoms with E-state index in [1.807, 2.05) is 24.5 Å². The van der Waals surface area contributed by atoms with Crippen molar-refractivity contribution in [1.82, 2.24) is 15.0 Å². The van der Waals surface area contributed by atoms with E-state index in [1.54, 1.807) is 0 Å². The van der Waals surface area contributed by atoms with Crippen molar-refractivity contribution >= 4 is 28.5 Å². The lowest BCUT2D eigenvalue weighted by molar-refractivity contribution is 0.928. The second kappa shape index (κ2) is 4.85. The van der Waals surface area contributed by atoms with Crippen LogP contribution in [0.15, 0.2) is 47.6 Å². The molecule has 0 fully saturated rings. The van der Waals surface area contributed by atoms with Gasteiger partial charge in [0.25, 0.3) is 0 Å². The van der Waals surface area contributed by atoms with Crippen LogP contribution in [0.5, 0.6) is 0 Å². The van der Waals surface area contributed by atoms with E-state index in [0.717, 1.165) is 10.9 Å². The molecule has 0 saturated carbocycles. The smallest absolute Gasteiger partial charge is 0.224 e. The van der Waals surface area contributed by atoms with Crippen LogP contribution >= 0.6 is 11.8 Å². The molecule has 19 heavy (non-hydrogen) atoms. The fourth-order valence-corrected chi connectivity index (χ4v) is 2.28. The molecule has 2 aromatic carbocycles. The molecule has 2 N–H and O–H groups in total. The number of hydrogen-bond donors (Lipinski definition) is 1. The number of nitrogen functional groups attached to an aromatic ring is 1. The quantitative estimate of drug-likeness (QED) is 0.724. The molecule has 5 heteroatoms. The van der Waals surface area contributed by atoms with Crippen LogP contribution in [0.4, 0.5) is 5.95 Å². The van der Waals surface area contributed by atoms with Crippen LogP contribution in [0.25, 0.3) is 22.2 Å². The summed E-state index contributed by atoms with van der Waals surface area (Å²) in [5, 5.41) is 2.98. The molecule has 0 radical (unpaired) electrons. The summed E-state index contributed by atoms with van der Waals surface area (Å²) in [6, 6.07) is 14.3. The summed E-state index contributed by atoms with van der Waals surface area (Å²) in [5.41, 5.74) is 6.66. The molecule has 1 aromatic heterocycles. The first kappa shape index (κ1) is 11.9. The summed E-state index contributed by atoms with van der Waals surface area (Å²) < 4.78 is 0. The van der Waals surface area contributed by atoms with Crippen molar-refractivity contribution in [2.45, 2.75) is 5.16 Å². The van der Waals surface area contributed by atoms with Crippen LogP contribution in [0.1, 0.15) is 0 Å². The van der Waals surface area contributed by atoms with Crippen molar-refractivity contribution in [2.24, 2.45) is 0 Å². The number of nitrogens with zero attached hydrogens (tertiary/aromatic N) is 3. The Hall–Kier alpha value is -2.14. The van der Waals surface area contributed by atoms with Crippen molar-refractivity contribution < 1.29 is 0 Å². The van der Waals surface area contributed by atoms with Gasteiger partial charge >= 0.3 is 0 Å². The number of benzene rings is 2. The molecule has 0 bridgehead atoms. The lowest BCUT2D eigenvalue weighted by Gasteiger charge is -2.04. The second-order valence-electron chi connectivity index (χ2n) is 4.07. The van der Waals surface area contributed by atoms with E-state index < -0.39 is 0 Å². The van der Waals surface area contributed by atoms with Crippen LogP contribution in [0.3, 0.4) is 0 Å². The normalized spacial score (nSPS) is 10.8. The lowest BCUT2D eigenvalue weighted by atomic mass is 10.1.